The van der Waals surface area contributed by atoms with Gasteiger partial charge in [-0.1, -0.05) is 65.2 Å². The summed E-state index contributed by atoms with van der Waals surface area (Å²) in [6.07, 6.45) is 20.9. The van der Waals surface area contributed by atoms with Gasteiger partial charge in [0.2, 0.25) is 0 Å². The first kappa shape index (κ1) is 17.7. The van der Waals surface area contributed by atoms with E-state index in [2.05, 4.69) is 25.6 Å². The van der Waals surface area contributed by atoms with Crippen LogP contribution >= 0.6 is 11.8 Å². The van der Waals surface area contributed by atoms with E-state index in [0.717, 1.165) is 22.3 Å². The predicted octanol–water partition coefficient (Wildman–Crippen LogP) is 7.22. The Morgan fingerprint density at radius 3 is 1.38 bits per heavy atom. The molecule has 0 radical (unpaired) electrons. The Kier molecular flexibility index (Phi) is 8.59. The predicted molar refractivity (Wildman–Crippen MR) is 98.1 cm³/mol. The zero-order valence-electron chi connectivity index (χ0n) is 14.6. The quantitative estimate of drug-likeness (QED) is 0.456. The molecule has 0 nitrogen and oxygen atoms in total. The monoisotopic (exact) mass is 310 g/mol. The Morgan fingerprint density at radius 1 is 0.667 bits per heavy atom. The van der Waals surface area contributed by atoms with Crippen LogP contribution in [0.3, 0.4) is 0 Å². The highest BCUT2D eigenvalue weighted by Crippen LogP contribution is 2.42. The molecule has 0 bridgehead atoms. The largest absolute Gasteiger partial charge is 0.155 e. The molecule has 0 aromatic carbocycles. The van der Waals surface area contributed by atoms with Crippen molar-refractivity contribution in [2.24, 2.45) is 11.8 Å². The fraction of sp³-hybridized carbons (Fsp3) is 1.00. The fourth-order valence-corrected chi connectivity index (χ4v) is 6.82. The molecule has 2 aliphatic carbocycles. The first-order valence-electron chi connectivity index (χ1n) is 10.0. The van der Waals surface area contributed by atoms with Crippen molar-refractivity contribution >= 4 is 11.8 Å². The second-order valence-electron chi connectivity index (χ2n) is 7.59. The molecular weight excluding hydrogens is 272 g/mol. The van der Waals surface area contributed by atoms with Gasteiger partial charge in [0.25, 0.3) is 0 Å². The van der Waals surface area contributed by atoms with Gasteiger partial charge in [0, 0.05) is 10.5 Å². The van der Waals surface area contributed by atoms with Crippen LogP contribution in [0.25, 0.3) is 0 Å². The molecular formula is C20H38S. The average Bonchev–Trinajstić information content (AvgIpc) is 2.55. The van der Waals surface area contributed by atoms with Crippen LogP contribution in [0.15, 0.2) is 0 Å². The lowest BCUT2D eigenvalue weighted by atomic mass is 9.85. The Balaban J connectivity index is 1.92. The second kappa shape index (κ2) is 10.2. The van der Waals surface area contributed by atoms with Crippen LogP contribution in [-0.4, -0.2) is 10.5 Å². The van der Waals surface area contributed by atoms with Crippen LogP contribution in [0.1, 0.15) is 104 Å². The SMILES string of the molecule is CCCC(SC(CCC)C1CCCCC1)C1CCCCC1. The van der Waals surface area contributed by atoms with Crippen LogP contribution in [0.4, 0.5) is 0 Å². The summed E-state index contributed by atoms with van der Waals surface area (Å²) in [6.45, 7) is 4.79. The van der Waals surface area contributed by atoms with Crippen molar-refractivity contribution in [1.82, 2.24) is 0 Å². The lowest BCUT2D eigenvalue weighted by Gasteiger charge is -2.36. The molecule has 0 spiro atoms. The fourth-order valence-electron chi connectivity index (χ4n) is 4.64. The standard InChI is InChI=1S/C20H38S/c1-3-11-19(17-13-7-5-8-14-17)21-20(12-4-2)18-15-9-6-10-16-18/h17-20H,3-16H2,1-2H3. The van der Waals surface area contributed by atoms with E-state index in [1.165, 1.54) is 89.9 Å². The maximum absolute atomic E-state index is 2.45. The van der Waals surface area contributed by atoms with Crippen molar-refractivity contribution in [3.05, 3.63) is 0 Å². The van der Waals surface area contributed by atoms with Gasteiger partial charge in [-0.05, 0) is 50.4 Å². The summed E-state index contributed by atoms with van der Waals surface area (Å²) < 4.78 is 0. The zero-order chi connectivity index (χ0) is 14.9. The summed E-state index contributed by atoms with van der Waals surface area (Å²) in [5, 5.41) is 1.96. The van der Waals surface area contributed by atoms with Crippen LogP contribution in [0, 0.1) is 11.8 Å². The van der Waals surface area contributed by atoms with Gasteiger partial charge in [-0.2, -0.15) is 11.8 Å². The van der Waals surface area contributed by atoms with E-state index in [0.29, 0.717) is 0 Å². The number of hydrogen-bond acceptors (Lipinski definition) is 1. The van der Waals surface area contributed by atoms with Gasteiger partial charge >= 0.3 is 0 Å². The lowest BCUT2D eigenvalue weighted by Crippen LogP contribution is -2.27. The van der Waals surface area contributed by atoms with Crippen LogP contribution in [0.2, 0.25) is 0 Å². The topological polar surface area (TPSA) is 0 Å². The van der Waals surface area contributed by atoms with Crippen LogP contribution < -0.4 is 0 Å². The first-order chi connectivity index (χ1) is 10.3. The molecule has 2 rings (SSSR count). The highest BCUT2D eigenvalue weighted by atomic mass is 32.2. The number of hydrogen-bond donors (Lipinski definition) is 0. The molecule has 0 N–H and O–H groups in total. The molecule has 124 valence electrons. The third-order valence-electron chi connectivity index (χ3n) is 5.85. The lowest BCUT2D eigenvalue weighted by molar-refractivity contribution is 0.326. The Hall–Kier alpha value is 0.350. The molecule has 2 fully saturated rings. The maximum atomic E-state index is 2.45. The van der Waals surface area contributed by atoms with Crippen molar-refractivity contribution in [3.8, 4) is 0 Å². The summed E-state index contributed by atoms with van der Waals surface area (Å²) in [5.41, 5.74) is 0. The summed E-state index contributed by atoms with van der Waals surface area (Å²) in [5.74, 6) is 2.10. The third kappa shape index (κ3) is 5.81. The molecule has 0 aromatic heterocycles. The van der Waals surface area contributed by atoms with Crippen molar-refractivity contribution in [1.29, 1.82) is 0 Å². The van der Waals surface area contributed by atoms with Gasteiger partial charge < -0.3 is 0 Å². The summed E-state index contributed by atoms with van der Waals surface area (Å²) in [4.78, 5) is 0. The summed E-state index contributed by atoms with van der Waals surface area (Å²) in [7, 11) is 0. The minimum absolute atomic E-state index is 0.980. The van der Waals surface area contributed by atoms with Gasteiger partial charge in [-0.15, -0.1) is 0 Å². The van der Waals surface area contributed by atoms with Gasteiger partial charge in [-0.25, -0.2) is 0 Å². The van der Waals surface area contributed by atoms with E-state index < -0.39 is 0 Å². The van der Waals surface area contributed by atoms with Crippen LogP contribution in [0.5, 0.6) is 0 Å². The molecule has 2 unspecified atom stereocenters. The average molecular weight is 311 g/mol. The third-order valence-corrected chi connectivity index (χ3v) is 7.79. The van der Waals surface area contributed by atoms with Gasteiger partial charge in [0.1, 0.15) is 0 Å². The van der Waals surface area contributed by atoms with Crippen molar-refractivity contribution in [2.45, 2.75) is 114 Å². The van der Waals surface area contributed by atoms with Crippen molar-refractivity contribution in [3.63, 3.8) is 0 Å². The van der Waals surface area contributed by atoms with E-state index in [1.807, 2.05) is 0 Å². The van der Waals surface area contributed by atoms with E-state index in [4.69, 9.17) is 0 Å². The van der Waals surface area contributed by atoms with Gasteiger partial charge in [-0.3, -0.25) is 0 Å². The zero-order valence-corrected chi connectivity index (χ0v) is 15.4. The smallest absolute Gasteiger partial charge is 0.00781 e. The molecule has 0 saturated heterocycles. The molecule has 0 aliphatic heterocycles. The van der Waals surface area contributed by atoms with Gasteiger partial charge in [0.15, 0.2) is 0 Å². The van der Waals surface area contributed by atoms with Crippen LogP contribution in [-0.2, 0) is 0 Å². The van der Waals surface area contributed by atoms with Crippen molar-refractivity contribution in [2.75, 3.05) is 0 Å². The van der Waals surface area contributed by atoms with Gasteiger partial charge in [0.05, 0.1) is 0 Å². The molecule has 2 saturated carbocycles. The van der Waals surface area contributed by atoms with E-state index in [1.54, 1.807) is 0 Å². The number of rotatable bonds is 8. The molecule has 2 aliphatic rings. The highest BCUT2D eigenvalue weighted by Gasteiger charge is 2.30. The van der Waals surface area contributed by atoms with Crippen molar-refractivity contribution < 1.29 is 0 Å². The minimum Gasteiger partial charge on any atom is -0.155 e. The second-order valence-corrected chi connectivity index (χ2v) is 9.07. The molecule has 21 heavy (non-hydrogen) atoms. The molecule has 1 heteroatoms. The Labute approximate surface area is 138 Å². The normalized spacial score (nSPS) is 24.9. The summed E-state index contributed by atoms with van der Waals surface area (Å²) in [6, 6.07) is 0. The van der Waals surface area contributed by atoms with E-state index >= 15 is 0 Å². The molecule has 0 amide bonds. The van der Waals surface area contributed by atoms with E-state index in [-0.39, 0.29) is 0 Å². The molecule has 0 aromatic rings. The Morgan fingerprint density at radius 2 is 1.05 bits per heavy atom. The van der Waals surface area contributed by atoms with E-state index in [9.17, 15) is 0 Å². The molecule has 0 heterocycles. The molecule has 2 atom stereocenters. The first-order valence-corrected chi connectivity index (χ1v) is 10.9. The maximum Gasteiger partial charge on any atom is 0.00781 e. The number of thioether (sulfide) groups is 1. The minimum atomic E-state index is 0.980. The Bertz CT molecular complexity index is 225. The summed E-state index contributed by atoms with van der Waals surface area (Å²) >= 11 is 2.45. The highest BCUT2D eigenvalue weighted by molar-refractivity contribution is 8.00.